The first-order valence-corrected chi connectivity index (χ1v) is 5.71. The fourth-order valence-corrected chi connectivity index (χ4v) is 2.62. The maximum absolute atomic E-state index is 11.1. The number of hydrogen-bond donors (Lipinski definition) is 1. The van der Waals surface area contributed by atoms with E-state index in [2.05, 4.69) is 4.90 Å². The molecule has 3 nitrogen and oxygen atoms in total. The number of nitrogens with zero attached hydrogens (tertiary/aromatic N) is 1. The van der Waals surface area contributed by atoms with Gasteiger partial charge in [0.25, 0.3) is 0 Å². The number of ketones is 1. The van der Waals surface area contributed by atoms with Crippen molar-refractivity contribution < 1.29 is 9.90 Å². The van der Waals surface area contributed by atoms with Crippen LogP contribution in [-0.2, 0) is 4.79 Å². The summed E-state index contributed by atoms with van der Waals surface area (Å²) in [5.74, 6) is 0.381. The third kappa shape index (κ3) is 2.15. The van der Waals surface area contributed by atoms with Gasteiger partial charge in [0.2, 0.25) is 0 Å². The molecular weight excluding hydrogens is 178 g/mol. The Kier molecular flexibility index (Phi) is 3.19. The van der Waals surface area contributed by atoms with Gasteiger partial charge in [-0.1, -0.05) is 12.8 Å². The maximum Gasteiger partial charge on any atom is 0.135 e. The third-order valence-electron chi connectivity index (χ3n) is 3.52. The van der Waals surface area contributed by atoms with Crippen LogP contribution in [0.1, 0.15) is 38.5 Å². The quantitative estimate of drug-likeness (QED) is 0.680. The number of piperidine rings is 1. The number of likely N-dealkylation sites (tertiary alicyclic amines) is 1. The predicted molar refractivity (Wildman–Crippen MR) is 54.1 cm³/mol. The second kappa shape index (κ2) is 4.41. The lowest BCUT2D eigenvalue weighted by molar-refractivity contribution is -0.122. The Balaban J connectivity index is 1.90. The van der Waals surface area contributed by atoms with Crippen LogP contribution >= 0.6 is 0 Å². The molecule has 2 atom stereocenters. The second-order valence-electron chi connectivity index (χ2n) is 4.49. The predicted octanol–water partition coefficient (Wildman–Crippen LogP) is 0.955. The summed E-state index contributed by atoms with van der Waals surface area (Å²) in [6.07, 6.45) is 5.64. The number of Topliss-reactive ketones (excluding diaryl/α,β-unsaturated/α-hetero) is 1. The van der Waals surface area contributed by atoms with Crippen molar-refractivity contribution in [3.63, 3.8) is 0 Å². The molecule has 0 spiro atoms. The number of aliphatic hydroxyl groups is 1. The first-order chi connectivity index (χ1) is 6.77. The normalized spacial score (nSPS) is 35.9. The van der Waals surface area contributed by atoms with Crippen LogP contribution in [0.4, 0.5) is 0 Å². The molecule has 1 N–H and O–H groups in total. The molecule has 1 saturated carbocycles. The SMILES string of the molecule is O=C1CCN(C2CCCC[C@@H]2O)CC1. The van der Waals surface area contributed by atoms with Crippen LogP contribution in [0.2, 0.25) is 0 Å². The number of rotatable bonds is 1. The van der Waals surface area contributed by atoms with Gasteiger partial charge in [-0.2, -0.15) is 0 Å². The van der Waals surface area contributed by atoms with Crippen LogP contribution in [-0.4, -0.2) is 41.0 Å². The van der Waals surface area contributed by atoms with Crippen LogP contribution in [0.3, 0.4) is 0 Å². The van der Waals surface area contributed by atoms with Gasteiger partial charge in [-0.05, 0) is 12.8 Å². The fourth-order valence-electron chi connectivity index (χ4n) is 2.62. The molecule has 80 valence electrons. The van der Waals surface area contributed by atoms with Crippen molar-refractivity contribution in [2.24, 2.45) is 0 Å². The molecular formula is C11H19NO2. The van der Waals surface area contributed by atoms with Gasteiger partial charge in [0.1, 0.15) is 5.78 Å². The summed E-state index contributed by atoms with van der Waals surface area (Å²) in [4.78, 5) is 13.4. The van der Waals surface area contributed by atoms with Crippen LogP contribution in [0.25, 0.3) is 0 Å². The summed E-state index contributed by atoms with van der Waals surface area (Å²) in [6.45, 7) is 1.72. The Bertz CT molecular complexity index is 207. The van der Waals surface area contributed by atoms with E-state index < -0.39 is 0 Å². The zero-order valence-electron chi connectivity index (χ0n) is 8.61. The molecule has 0 bridgehead atoms. The van der Waals surface area contributed by atoms with Crippen LogP contribution in [0, 0.1) is 0 Å². The van der Waals surface area contributed by atoms with Crippen LogP contribution in [0.5, 0.6) is 0 Å². The molecule has 1 aliphatic carbocycles. The maximum atomic E-state index is 11.1. The molecule has 3 heteroatoms. The average Bonchev–Trinajstić information content (AvgIpc) is 2.20. The molecule has 2 rings (SSSR count). The monoisotopic (exact) mass is 197 g/mol. The number of carbonyl (C=O) groups excluding carboxylic acids is 1. The summed E-state index contributed by atoms with van der Waals surface area (Å²) < 4.78 is 0. The average molecular weight is 197 g/mol. The molecule has 2 aliphatic rings. The molecule has 2 fully saturated rings. The Labute approximate surface area is 85.1 Å². The van der Waals surface area contributed by atoms with E-state index in [0.29, 0.717) is 24.7 Å². The molecule has 0 amide bonds. The Morgan fingerprint density at radius 2 is 1.79 bits per heavy atom. The number of carbonyl (C=O) groups is 1. The van der Waals surface area contributed by atoms with Gasteiger partial charge in [-0.3, -0.25) is 9.69 Å². The molecule has 0 aromatic heterocycles. The van der Waals surface area contributed by atoms with Crippen molar-refractivity contribution in [1.82, 2.24) is 4.90 Å². The molecule has 0 aromatic carbocycles. The number of hydrogen-bond acceptors (Lipinski definition) is 3. The first-order valence-electron chi connectivity index (χ1n) is 5.71. The Morgan fingerprint density at radius 1 is 1.14 bits per heavy atom. The Morgan fingerprint density at radius 3 is 2.43 bits per heavy atom. The molecule has 1 unspecified atom stereocenters. The van der Waals surface area contributed by atoms with Gasteiger partial charge >= 0.3 is 0 Å². The minimum absolute atomic E-state index is 0.156. The topological polar surface area (TPSA) is 40.5 Å². The van der Waals surface area contributed by atoms with E-state index >= 15 is 0 Å². The largest absolute Gasteiger partial charge is 0.391 e. The van der Waals surface area contributed by atoms with Crippen LogP contribution < -0.4 is 0 Å². The van der Waals surface area contributed by atoms with Crippen molar-refractivity contribution in [2.45, 2.75) is 50.7 Å². The molecule has 1 aliphatic heterocycles. The molecule has 1 heterocycles. The zero-order valence-corrected chi connectivity index (χ0v) is 8.61. The van der Waals surface area contributed by atoms with E-state index in [-0.39, 0.29) is 6.10 Å². The summed E-state index contributed by atoms with van der Waals surface area (Å²) in [6, 6.07) is 0.330. The second-order valence-corrected chi connectivity index (χ2v) is 4.49. The van der Waals surface area contributed by atoms with Crippen molar-refractivity contribution in [2.75, 3.05) is 13.1 Å². The van der Waals surface area contributed by atoms with E-state index in [1.807, 2.05) is 0 Å². The van der Waals surface area contributed by atoms with Gasteiger partial charge < -0.3 is 5.11 Å². The number of aliphatic hydroxyl groups excluding tert-OH is 1. The lowest BCUT2D eigenvalue weighted by Crippen LogP contribution is -2.48. The van der Waals surface area contributed by atoms with E-state index in [9.17, 15) is 9.90 Å². The zero-order chi connectivity index (χ0) is 9.97. The summed E-state index contributed by atoms with van der Waals surface area (Å²) >= 11 is 0. The third-order valence-corrected chi connectivity index (χ3v) is 3.52. The van der Waals surface area contributed by atoms with E-state index in [1.54, 1.807) is 0 Å². The standard InChI is InChI=1S/C11H19NO2/c13-9-5-7-12(8-6-9)10-3-1-2-4-11(10)14/h10-11,14H,1-8H2/t10?,11-/m0/s1. The van der Waals surface area contributed by atoms with Gasteiger partial charge in [-0.15, -0.1) is 0 Å². The molecule has 1 saturated heterocycles. The van der Waals surface area contributed by atoms with Crippen molar-refractivity contribution in [1.29, 1.82) is 0 Å². The minimum Gasteiger partial charge on any atom is -0.391 e. The van der Waals surface area contributed by atoms with Crippen LogP contribution in [0.15, 0.2) is 0 Å². The van der Waals surface area contributed by atoms with E-state index in [0.717, 1.165) is 32.4 Å². The lowest BCUT2D eigenvalue weighted by atomic mass is 9.90. The highest BCUT2D eigenvalue weighted by atomic mass is 16.3. The highest BCUT2D eigenvalue weighted by Crippen LogP contribution is 2.24. The molecule has 14 heavy (non-hydrogen) atoms. The van der Waals surface area contributed by atoms with E-state index in [4.69, 9.17) is 0 Å². The molecule has 0 radical (unpaired) electrons. The summed E-state index contributed by atoms with van der Waals surface area (Å²) in [7, 11) is 0. The smallest absolute Gasteiger partial charge is 0.135 e. The van der Waals surface area contributed by atoms with Crippen molar-refractivity contribution in [3.8, 4) is 0 Å². The molecule has 0 aromatic rings. The first kappa shape index (κ1) is 10.1. The highest BCUT2D eigenvalue weighted by Gasteiger charge is 2.30. The van der Waals surface area contributed by atoms with Crippen molar-refractivity contribution in [3.05, 3.63) is 0 Å². The van der Waals surface area contributed by atoms with Gasteiger partial charge in [0.05, 0.1) is 6.10 Å². The minimum atomic E-state index is -0.156. The highest BCUT2D eigenvalue weighted by molar-refractivity contribution is 5.79. The van der Waals surface area contributed by atoms with Gasteiger partial charge in [-0.25, -0.2) is 0 Å². The fraction of sp³-hybridized carbons (Fsp3) is 0.909. The summed E-state index contributed by atoms with van der Waals surface area (Å²) in [5.41, 5.74) is 0. The van der Waals surface area contributed by atoms with E-state index in [1.165, 1.54) is 6.42 Å². The summed E-state index contributed by atoms with van der Waals surface area (Å²) in [5, 5.41) is 9.86. The van der Waals surface area contributed by atoms with Gasteiger partial charge in [0, 0.05) is 32.0 Å². The van der Waals surface area contributed by atoms with Gasteiger partial charge in [0.15, 0.2) is 0 Å². The van der Waals surface area contributed by atoms with Crippen molar-refractivity contribution >= 4 is 5.78 Å². The lowest BCUT2D eigenvalue weighted by Gasteiger charge is -2.39. The Hall–Kier alpha value is -0.410.